The lowest BCUT2D eigenvalue weighted by atomic mass is 10.1. The summed E-state index contributed by atoms with van der Waals surface area (Å²) < 4.78 is 25.7. The quantitative estimate of drug-likeness (QED) is 0.130. The summed E-state index contributed by atoms with van der Waals surface area (Å²) in [5.41, 5.74) is 4.63. The van der Waals surface area contributed by atoms with Gasteiger partial charge in [-0.3, -0.25) is 9.59 Å². The number of carbonyl (C=O) groups is 2. The van der Waals surface area contributed by atoms with Crippen LogP contribution in [0, 0.1) is 11.7 Å². The molecular formula is C29H29ClFN3O4. The molecule has 7 nitrogen and oxygen atoms in total. The summed E-state index contributed by atoms with van der Waals surface area (Å²) in [6, 6.07) is 16.7. The third-order valence-corrected chi connectivity index (χ3v) is 5.82. The molecule has 0 saturated carbocycles. The number of anilines is 1. The molecule has 0 bridgehead atoms. The minimum atomic E-state index is -1.11. The number of halogens is 2. The summed E-state index contributed by atoms with van der Waals surface area (Å²) in [5.74, 6) is -1.94. The minimum absolute atomic E-state index is 0.00398. The number of hydrogen-bond acceptors (Lipinski definition) is 5. The van der Waals surface area contributed by atoms with Gasteiger partial charge in [0.25, 0.3) is 5.91 Å². The highest BCUT2D eigenvalue weighted by atomic mass is 35.5. The van der Waals surface area contributed by atoms with Gasteiger partial charge in [-0.15, -0.1) is 6.58 Å². The van der Waals surface area contributed by atoms with E-state index in [1.54, 1.807) is 24.3 Å². The molecule has 0 aliphatic heterocycles. The number of benzene rings is 3. The molecule has 2 N–H and O–H groups in total. The Morgan fingerprint density at radius 2 is 1.82 bits per heavy atom. The SMILES string of the molecule is C=CCc1cc(C=NNC(=O)C(C)C(=O)Nc2ccccc2F)cc(OCC)c1OCc1ccccc1Cl. The van der Waals surface area contributed by atoms with Crippen molar-refractivity contribution < 1.29 is 23.5 Å². The van der Waals surface area contributed by atoms with Crippen LogP contribution in [0.3, 0.4) is 0 Å². The molecule has 0 aliphatic carbocycles. The molecule has 2 amide bonds. The van der Waals surface area contributed by atoms with Crippen LogP contribution >= 0.6 is 11.6 Å². The zero-order valence-electron chi connectivity index (χ0n) is 21.2. The second-order valence-electron chi connectivity index (χ2n) is 8.24. The Balaban J connectivity index is 1.72. The maximum absolute atomic E-state index is 13.8. The lowest BCUT2D eigenvalue weighted by Gasteiger charge is -2.17. The maximum Gasteiger partial charge on any atom is 0.252 e. The first kappa shape index (κ1) is 28.4. The van der Waals surface area contributed by atoms with Crippen molar-refractivity contribution in [3.63, 3.8) is 0 Å². The van der Waals surface area contributed by atoms with Gasteiger partial charge in [-0.1, -0.05) is 48.0 Å². The van der Waals surface area contributed by atoms with E-state index in [0.29, 0.717) is 35.1 Å². The standard InChI is InChI=1S/C29H29ClFN3O4/c1-4-10-21-15-20(16-26(37-5-2)27(21)38-18-22-11-6-7-12-23(22)30)17-32-34-29(36)19(3)28(35)33-25-14-9-8-13-24(25)31/h4,6-9,11-17,19H,1,5,10,18H2,2-3H3,(H,33,35)(H,34,36). The summed E-state index contributed by atoms with van der Waals surface area (Å²) in [5, 5.41) is 6.99. The van der Waals surface area contributed by atoms with E-state index in [9.17, 15) is 14.0 Å². The Morgan fingerprint density at radius 1 is 1.08 bits per heavy atom. The summed E-state index contributed by atoms with van der Waals surface area (Å²) >= 11 is 6.27. The first-order valence-corrected chi connectivity index (χ1v) is 12.4. The number of hydrazone groups is 1. The van der Waals surface area contributed by atoms with E-state index in [-0.39, 0.29) is 12.3 Å². The van der Waals surface area contributed by atoms with E-state index in [2.05, 4.69) is 22.4 Å². The van der Waals surface area contributed by atoms with Crippen molar-refractivity contribution in [2.24, 2.45) is 11.0 Å². The molecule has 1 unspecified atom stereocenters. The van der Waals surface area contributed by atoms with Gasteiger partial charge in [0.05, 0.1) is 18.5 Å². The lowest BCUT2D eigenvalue weighted by Crippen LogP contribution is -2.34. The van der Waals surface area contributed by atoms with Gasteiger partial charge in [-0.05, 0) is 56.2 Å². The number of nitrogens with one attached hydrogen (secondary N) is 2. The van der Waals surface area contributed by atoms with Crippen molar-refractivity contribution in [1.82, 2.24) is 5.43 Å². The monoisotopic (exact) mass is 537 g/mol. The molecule has 3 rings (SSSR count). The summed E-state index contributed by atoms with van der Waals surface area (Å²) in [4.78, 5) is 24.8. The molecule has 3 aromatic rings. The Bertz CT molecular complexity index is 1330. The number of carbonyl (C=O) groups excluding carboxylic acids is 2. The van der Waals surface area contributed by atoms with Gasteiger partial charge in [0, 0.05) is 16.1 Å². The van der Waals surface area contributed by atoms with Crippen molar-refractivity contribution in [1.29, 1.82) is 0 Å². The summed E-state index contributed by atoms with van der Waals surface area (Å²) in [6.45, 7) is 7.74. The molecule has 0 radical (unpaired) electrons. The van der Waals surface area contributed by atoms with Crippen LogP contribution in [0.2, 0.25) is 5.02 Å². The Kier molecular flexibility index (Phi) is 10.4. The van der Waals surface area contributed by atoms with Crippen LogP contribution in [0.4, 0.5) is 10.1 Å². The molecule has 9 heteroatoms. The average Bonchev–Trinajstić information content (AvgIpc) is 2.90. The molecule has 1 atom stereocenters. The van der Waals surface area contributed by atoms with Gasteiger partial charge in [-0.25, -0.2) is 9.82 Å². The molecule has 0 fully saturated rings. The predicted octanol–water partition coefficient (Wildman–Crippen LogP) is 5.91. The largest absolute Gasteiger partial charge is 0.490 e. The number of amides is 2. The fourth-order valence-corrected chi connectivity index (χ4v) is 3.64. The van der Waals surface area contributed by atoms with Crippen LogP contribution in [0.5, 0.6) is 11.5 Å². The Hall–Kier alpha value is -4.17. The molecular weight excluding hydrogens is 509 g/mol. The van der Waals surface area contributed by atoms with Crippen LogP contribution in [0.15, 0.2) is 78.4 Å². The predicted molar refractivity (Wildman–Crippen MR) is 147 cm³/mol. The fraction of sp³-hybridized carbons (Fsp3) is 0.207. The fourth-order valence-electron chi connectivity index (χ4n) is 3.45. The highest BCUT2D eigenvalue weighted by Gasteiger charge is 2.22. The number of rotatable bonds is 12. The zero-order chi connectivity index (χ0) is 27.5. The second kappa shape index (κ2) is 13.9. The van der Waals surface area contributed by atoms with E-state index in [4.69, 9.17) is 21.1 Å². The number of para-hydroxylation sites is 1. The molecule has 3 aromatic carbocycles. The van der Waals surface area contributed by atoms with Gasteiger partial charge in [0.1, 0.15) is 18.3 Å². The van der Waals surface area contributed by atoms with Crippen LogP contribution in [0.25, 0.3) is 0 Å². The van der Waals surface area contributed by atoms with Crippen LogP contribution < -0.4 is 20.2 Å². The number of allylic oxidation sites excluding steroid dienone is 1. The number of hydrogen-bond donors (Lipinski definition) is 2. The topological polar surface area (TPSA) is 89.0 Å². The van der Waals surface area contributed by atoms with E-state index in [1.165, 1.54) is 31.3 Å². The Morgan fingerprint density at radius 3 is 2.53 bits per heavy atom. The highest BCUT2D eigenvalue weighted by Crippen LogP contribution is 2.34. The third-order valence-electron chi connectivity index (χ3n) is 5.45. The van der Waals surface area contributed by atoms with Crippen molar-refractivity contribution >= 4 is 35.3 Å². The Labute approximate surface area is 226 Å². The van der Waals surface area contributed by atoms with Crippen LogP contribution in [0.1, 0.15) is 30.5 Å². The van der Waals surface area contributed by atoms with Gasteiger partial charge < -0.3 is 14.8 Å². The molecule has 0 heterocycles. The van der Waals surface area contributed by atoms with Crippen LogP contribution in [-0.2, 0) is 22.6 Å². The molecule has 0 spiro atoms. The van der Waals surface area contributed by atoms with E-state index >= 15 is 0 Å². The van der Waals surface area contributed by atoms with Crippen molar-refractivity contribution in [2.75, 3.05) is 11.9 Å². The van der Waals surface area contributed by atoms with Gasteiger partial charge in [0.15, 0.2) is 11.5 Å². The third kappa shape index (κ3) is 7.66. The normalized spacial score (nSPS) is 11.6. The van der Waals surface area contributed by atoms with Crippen molar-refractivity contribution in [3.05, 3.63) is 101 Å². The molecule has 198 valence electrons. The van der Waals surface area contributed by atoms with Gasteiger partial charge in [-0.2, -0.15) is 5.10 Å². The van der Waals surface area contributed by atoms with Crippen LogP contribution in [-0.4, -0.2) is 24.6 Å². The average molecular weight is 538 g/mol. The second-order valence-corrected chi connectivity index (χ2v) is 8.65. The minimum Gasteiger partial charge on any atom is -0.490 e. The molecule has 38 heavy (non-hydrogen) atoms. The van der Waals surface area contributed by atoms with Crippen molar-refractivity contribution in [2.45, 2.75) is 26.9 Å². The first-order valence-electron chi connectivity index (χ1n) is 12.0. The first-order chi connectivity index (χ1) is 18.3. The molecule has 0 aromatic heterocycles. The van der Waals surface area contributed by atoms with E-state index in [1.807, 2.05) is 31.2 Å². The highest BCUT2D eigenvalue weighted by molar-refractivity contribution is 6.31. The number of ether oxygens (including phenoxy) is 2. The summed E-state index contributed by atoms with van der Waals surface area (Å²) in [7, 11) is 0. The van der Waals surface area contributed by atoms with Crippen molar-refractivity contribution in [3.8, 4) is 11.5 Å². The van der Waals surface area contributed by atoms with E-state index in [0.717, 1.165) is 11.1 Å². The van der Waals surface area contributed by atoms with Gasteiger partial charge in [0.2, 0.25) is 5.91 Å². The molecule has 0 aliphatic rings. The summed E-state index contributed by atoms with van der Waals surface area (Å²) in [6.07, 6.45) is 3.68. The lowest BCUT2D eigenvalue weighted by molar-refractivity contribution is -0.131. The zero-order valence-corrected chi connectivity index (χ0v) is 21.9. The molecule has 0 saturated heterocycles. The smallest absolute Gasteiger partial charge is 0.252 e. The van der Waals surface area contributed by atoms with Gasteiger partial charge >= 0.3 is 0 Å². The van der Waals surface area contributed by atoms with E-state index < -0.39 is 23.5 Å². The maximum atomic E-state index is 13.8. The number of nitrogens with zero attached hydrogens (tertiary/aromatic N) is 1.